The third-order valence-corrected chi connectivity index (χ3v) is 3.25. The van der Waals surface area contributed by atoms with Crippen molar-refractivity contribution >= 4 is 0 Å². The van der Waals surface area contributed by atoms with Gasteiger partial charge in [0.1, 0.15) is 0 Å². The largest absolute Gasteiger partial charge is 0.329 e. The van der Waals surface area contributed by atoms with E-state index in [1.165, 1.54) is 0 Å². The summed E-state index contributed by atoms with van der Waals surface area (Å²) < 4.78 is 6.78. The highest BCUT2D eigenvalue weighted by Gasteiger charge is 2.30. The van der Waals surface area contributed by atoms with Crippen LogP contribution in [0.15, 0.2) is 0 Å². The smallest absolute Gasteiger partial charge is 0.190 e. The van der Waals surface area contributed by atoms with E-state index >= 15 is 0 Å². The first-order chi connectivity index (χ1) is 5.99. The summed E-state index contributed by atoms with van der Waals surface area (Å²) in [5.74, 6) is 0. The van der Waals surface area contributed by atoms with Crippen LogP contribution in [0.5, 0.6) is 0 Å². The molecule has 0 fully saturated rings. The van der Waals surface area contributed by atoms with Crippen molar-refractivity contribution < 1.29 is 9.22 Å². The number of rotatable bonds is 6. The normalized spacial score (nSPS) is 18.7. The van der Waals surface area contributed by atoms with E-state index in [0.717, 1.165) is 24.1 Å². The Bertz CT molecular complexity index is 136. The monoisotopic (exact) mass is 188 g/mol. The summed E-state index contributed by atoms with van der Waals surface area (Å²) >= 11 is 0. The van der Waals surface area contributed by atoms with Gasteiger partial charge in [-0.25, -0.2) is 0 Å². The van der Waals surface area contributed by atoms with Gasteiger partial charge in [0.2, 0.25) is 0 Å². The topological polar surface area (TPSA) is 9.23 Å². The molecule has 0 bridgehead atoms. The number of hydrogen-bond acceptors (Lipinski definition) is 1. The molecular weight excluding hydrogens is 162 g/mol. The fourth-order valence-electron chi connectivity index (χ4n) is 1.50. The van der Waals surface area contributed by atoms with Gasteiger partial charge in [0.05, 0.1) is 26.2 Å². The third kappa shape index (κ3) is 3.28. The molecule has 0 aromatic carbocycles. The highest BCUT2D eigenvalue weighted by Crippen LogP contribution is 2.16. The molecule has 0 aliphatic rings. The van der Waals surface area contributed by atoms with Gasteiger partial charge >= 0.3 is 0 Å². The van der Waals surface area contributed by atoms with Gasteiger partial charge in [0.15, 0.2) is 6.23 Å². The van der Waals surface area contributed by atoms with Crippen LogP contribution in [0.4, 0.5) is 0 Å². The summed E-state index contributed by atoms with van der Waals surface area (Å²) in [4.78, 5) is 0. The molecule has 80 valence electrons. The molecule has 0 aliphatic carbocycles. The summed E-state index contributed by atoms with van der Waals surface area (Å²) in [6.07, 6.45) is 1.41. The van der Waals surface area contributed by atoms with E-state index < -0.39 is 0 Å². The zero-order valence-electron chi connectivity index (χ0n) is 10.1. The molecule has 2 heteroatoms. The minimum atomic E-state index is 0.310. The van der Waals surface area contributed by atoms with Crippen LogP contribution in [-0.4, -0.2) is 37.0 Å². The van der Waals surface area contributed by atoms with Crippen LogP contribution in [0.2, 0.25) is 0 Å². The molecule has 0 aromatic heterocycles. The van der Waals surface area contributed by atoms with Crippen molar-refractivity contribution in [2.45, 2.75) is 53.3 Å². The Labute approximate surface area is 83.5 Å². The Morgan fingerprint density at radius 1 is 1.15 bits per heavy atom. The van der Waals surface area contributed by atoms with E-state index in [9.17, 15) is 0 Å². The van der Waals surface area contributed by atoms with Crippen LogP contribution in [0.1, 0.15) is 41.0 Å². The van der Waals surface area contributed by atoms with Crippen molar-refractivity contribution in [3.8, 4) is 0 Å². The van der Waals surface area contributed by atoms with Crippen molar-refractivity contribution in [2.24, 2.45) is 0 Å². The molecule has 0 heterocycles. The quantitative estimate of drug-likeness (QED) is 0.460. The lowest BCUT2D eigenvalue weighted by Crippen LogP contribution is -2.56. The van der Waals surface area contributed by atoms with E-state index in [4.69, 9.17) is 4.74 Å². The maximum atomic E-state index is 5.78. The first-order valence-corrected chi connectivity index (χ1v) is 5.45. The number of hydrogen-bond donors (Lipinski definition) is 0. The van der Waals surface area contributed by atoms with Gasteiger partial charge in [-0.2, -0.15) is 0 Å². The average Bonchev–Trinajstić information content (AvgIpc) is 2.12. The van der Waals surface area contributed by atoms with Gasteiger partial charge < -0.3 is 4.74 Å². The summed E-state index contributed by atoms with van der Waals surface area (Å²) in [5.41, 5.74) is 0. The zero-order chi connectivity index (χ0) is 10.5. The van der Waals surface area contributed by atoms with Crippen LogP contribution in [0, 0.1) is 0 Å². The Morgan fingerprint density at radius 2 is 1.69 bits per heavy atom. The number of ether oxygens (including phenoxy) is 1. The Hall–Kier alpha value is -0.0800. The van der Waals surface area contributed by atoms with Crippen molar-refractivity contribution in [3.63, 3.8) is 0 Å². The van der Waals surface area contributed by atoms with Gasteiger partial charge in [-0.1, -0.05) is 6.92 Å². The fourth-order valence-corrected chi connectivity index (χ4v) is 1.50. The van der Waals surface area contributed by atoms with Crippen LogP contribution in [0.25, 0.3) is 0 Å². The molecule has 13 heavy (non-hydrogen) atoms. The van der Waals surface area contributed by atoms with Gasteiger partial charge in [0.25, 0.3) is 0 Å². The van der Waals surface area contributed by atoms with Crippen LogP contribution in [0.3, 0.4) is 0 Å². The second-order valence-electron chi connectivity index (χ2n) is 4.23. The molecule has 2 nitrogen and oxygen atoms in total. The van der Waals surface area contributed by atoms with Crippen molar-refractivity contribution in [1.29, 1.82) is 0 Å². The van der Waals surface area contributed by atoms with Crippen LogP contribution in [-0.2, 0) is 4.74 Å². The molecule has 0 aromatic rings. The van der Waals surface area contributed by atoms with Crippen LogP contribution < -0.4 is 0 Å². The maximum Gasteiger partial charge on any atom is 0.190 e. The van der Waals surface area contributed by atoms with Crippen molar-refractivity contribution in [1.82, 2.24) is 0 Å². The van der Waals surface area contributed by atoms with Gasteiger partial charge in [0, 0.05) is 6.92 Å². The predicted molar refractivity (Wildman–Crippen MR) is 57.6 cm³/mol. The highest BCUT2D eigenvalue weighted by molar-refractivity contribution is 4.45. The standard InChI is InChI=1S/C11H26NO/c1-7-9-13-11(5)12(6,8-2)10(3)4/h10-11H,7-9H2,1-6H3/q+1. The van der Waals surface area contributed by atoms with Crippen molar-refractivity contribution in [3.05, 3.63) is 0 Å². The van der Waals surface area contributed by atoms with E-state index in [2.05, 4.69) is 41.7 Å². The number of nitrogens with zero attached hydrogens (tertiary/aromatic N) is 1. The van der Waals surface area contributed by atoms with Crippen LogP contribution >= 0.6 is 0 Å². The highest BCUT2D eigenvalue weighted by atomic mass is 16.5. The molecule has 0 saturated carbocycles. The van der Waals surface area contributed by atoms with E-state index in [0.29, 0.717) is 12.3 Å². The first kappa shape index (κ1) is 12.9. The minimum absolute atomic E-state index is 0.310. The molecule has 0 N–H and O–H groups in total. The van der Waals surface area contributed by atoms with E-state index in [1.807, 2.05) is 0 Å². The van der Waals surface area contributed by atoms with Gasteiger partial charge in [-0.3, -0.25) is 4.48 Å². The molecule has 0 saturated heterocycles. The molecule has 0 spiro atoms. The predicted octanol–water partition coefficient (Wildman–Crippen LogP) is 2.63. The lowest BCUT2D eigenvalue weighted by atomic mass is 10.2. The Balaban J connectivity index is 4.20. The second-order valence-corrected chi connectivity index (χ2v) is 4.23. The minimum Gasteiger partial charge on any atom is -0.329 e. The molecule has 0 radical (unpaired) electrons. The molecule has 2 unspecified atom stereocenters. The lowest BCUT2D eigenvalue weighted by Gasteiger charge is -2.42. The summed E-state index contributed by atoms with van der Waals surface area (Å²) in [5, 5.41) is 0. The molecular formula is C11H26NO+. The molecule has 2 atom stereocenters. The van der Waals surface area contributed by atoms with E-state index in [-0.39, 0.29) is 0 Å². The SMILES string of the molecule is CCCOC(C)[N+](C)(CC)C(C)C. The lowest BCUT2D eigenvalue weighted by molar-refractivity contribution is -0.969. The Kier molecular flexibility index (Phi) is 5.57. The van der Waals surface area contributed by atoms with E-state index in [1.54, 1.807) is 0 Å². The molecule has 0 aliphatic heterocycles. The zero-order valence-corrected chi connectivity index (χ0v) is 10.1. The molecule has 0 rings (SSSR count). The average molecular weight is 188 g/mol. The fraction of sp³-hybridized carbons (Fsp3) is 1.00. The van der Waals surface area contributed by atoms with Gasteiger partial charge in [-0.05, 0) is 27.2 Å². The first-order valence-electron chi connectivity index (χ1n) is 5.45. The van der Waals surface area contributed by atoms with Crippen molar-refractivity contribution in [2.75, 3.05) is 20.2 Å². The Morgan fingerprint density at radius 3 is 2.00 bits per heavy atom. The number of quaternary nitrogens is 1. The summed E-state index contributed by atoms with van der Waals surface area (Å²) in [7, 11) is 2.27. The maximum absolute atomic E-state index is 5.78. The second kappa shape index (κ2) is 5.61. The summed E-state index contributed by atoms with van der Waals surface area (Å²) in [6, 6.07) is 0.622. The molecule has 0 amide bonds. The summed E-state index contributed by atoms with van der Waals surface area (Å²) in [6.45, 7) is 13.1. The third-order valence-electron chi connectivity index (χ3n) is 3.25. The van der Waals surface area contributed by atoms with Gasteiger partial charge in [-0.15, -0.1) is 0 Å².